The van der Waals surface area contributed by atoms with Crippen LogP contribution in [0.2, 0.25) is 0 Å². The molecule has 2 aliphatic carbocycles. The van der Waals surface area contributed by atoms with Gasteiger partial charge in [0.2, 0.25) is 0 Å². The Morgan fingerprint density at radius 1 is 1.23 bits per heavy atom. The first-order valence-corrected chi connectivity index (χ1v) is 11.5. The normalized spacial score (nSPS) is 28.4. The van der Waals surface area contributed by atoms with E-state index in [1.807, 2.05) is 6.92 Å². The van der Waals surface area contributed by atoms with Gasteiger partial charge in [-0.3, -0.25) is 9.35 Å². The lowest BCUT2D eigenvalue weighted by atomic mass is 9.48. The van der Waals surface area contributed by atoms with Gasteiger partial charge in [0, 0.05) is 5.56 Å². The summed E-state index contributed by atoms with van der Waals surface area (Å²) >= 11 is 0. The quantitative estimate of drug-likeness (QED) is 0.269. The summed E-state index contributed by atoms with van der Waals surface area (Å²) in [6.07, 6.45) is 6.92. The van der Waals surface area contributed by atoms with Crippen LogP contribution in [0.15, 0.2) is 17.7 Å². The summed E-state index contributed by atoms with van der Waals surface area (Å²) in [4.78, 5) is 11.5. The minimum atomic E-state index is -4.94. The second kappa shape index (κ2) is 7.57. The van der Waals surface area contributed by atoms with Crippen LogP contribution in [0, 0.1) is 22.7 Å². The maximum Gasteiger partial charge on any atom is 0.446 e. The van der Waals surface area contributed by atoms with E-state index in [-0.39, 0.29) is 28.6 Å². The summed E-state index contributed by atoms with van der Waals surface area (Å²) in [6, 6.07) is 1.21. The molecule has 0 aromatic heterocycles. The van der Waals surface area contributed by atoms with E-state index < -0.39 is 33.2 Å². The number of phenolic OH excluding ortho intramolecular Hbond substituents is 2. The van der Waals surface area contributed by atoms with E-state index in [1.165, 1.54) is 6.07 Å². The molecule has 1 fully saturated rings. The van der Waals surface area contributed by atoms with E-state index in [0.717, 1.165) is 31.3 Å². The fraction of sp³-hybridized carbons (Fsp3) is 0.591. The highest BCUT2D eigenvalue weighted by Crippen LogP contribution is 2.60. The average molecular weight is 439 g/mol. The number of hydrogen-bond donors (Lipinski definition) is 3. The van der Waals surface area contributed by atoms with Crippen molar-refractivity contribution in [2.24, 2.45) is 22.7 Å². The molecule has 0 radical (unpaired) electrons. The highest BCUT2D eigenvalue weighted by molar-refractivity contribution is 7.81. The van der Waals surface area contributed by atoms with Gasteiger partial charge in [-0.25, -0.2) is 0 Å². The Labute approximate surface area is 177 Å². The third kappa shape index (κ3) is 3.95. The van der Waals surface area contributed by atoms with Gasteiger partial charge < -0.3 is 14.4 Å². The highest BCUT2D eigenvalue weighted by Gasteiger charge is 2.51. The molecule has 7 nitrogen and oxygen atoms in total. The van der Waals surface area contributed by atoms with Gasteiger partial charge in [0.25, 0.3) is 0 Å². The molecule has 30 heavy (non-hydrogen) atoms. The SMILES string of the molecule is CC1=CC[C@H]2C(C)(C)CCC[C@]2(C)[C@@H]1Cc1cc(O)c(O)c(C=O)c1OS(=O)(=O)O. The smallest absolute Gasteiger partial charge is 0.446 e. The monoisotopic (exact) mass is 438 g/mol. The maximum absolute atomic E-state index is 11.5. The number of carbonyl (C=O) groups is 1. The molecule has 2 aliphatic rings. The van der Waals surface area contributed by atoms with Crippen LogP contribution < -0.4 is 4.18 Å². The number of carbonyl (C=O) groups excluding carboxylic acids is 1. The first kappa shape index (κ1) is 22.6. The summed E-state index contributed by atoms with van der Waals surface area (Å²) < 4.78 is 36.7. The van der Waals surface area contributed by atoms with Gasteiger partial charge in [0.1, 0.15) is 5.56 Å². The lowest BCUT2D eigenvalue weighted by molar-refractivity contribution is -0.0368. The van der Waals surface area contributed by atoms with E-state index in [1.54, 1.807) is 0 Å². The molecule has 0 aliphatic heterocycles. The largest absolute Gasteiger partial charge is 0.504 e. The minimum Gasteiger partial charge on any atom is -0.504 e. The second-order valence-electron chi connectivity index (χ2n) is 9.62. The Hall–Kier alpha value is -2.06. The molecule has 0 amide bonds. The predicted molar refractivity (Wildman–Crippen MR) is 112 cm³/mol. The third-order valence-electron chi connectivity index (χ3n) is 7.37. The predicted octanol–water partition coefficient (Wildman–Crippen LogP) is 4.43. The molecule has 8 heteroatoms. The lowest BCUT2D eigenvalue weighted by Gasteiger charge is -2.57. The van der Waals surface area contributed by atoms with Crippen LogP contribution in [0.3, 0.4) is 0 Å². The molecule has 0 saturated heterocycles. The van der Waals surface area contributed by atoms with Crippen molar-refractivity contribution in [3.63, 3.8) is 0 Å². The molecule has 1 aromatic carbocycles. The number of hydrogen-bond acceptors (Lipinski definition) is 6. The van der Waals surface area contributed by atoms with Gasteiger partial charge in [0.05, 0.1) is 0 Å². The van der Waals surface area contributed by atoms with Gasteiger partial charge in [-0.05, 0) is 61.3 Å². The molecule has 0 heterocycles. The molecular weight excluding hydrogens is 408 g/mol. The average Bonchev–Trinajstić information content (AvgIpc) is 2.60. The lowest BCUT2D eigenvalue weighted by Crippen LogP contribution is -2.49. The maximum atomic E-state index is 11.5. The van der Waals surface area contributed by atoms with Crippen LogP contribution >= 0.6 is 0 Å². The standard InChI is InChI=1S/C22H30O7S/c1-13-6-7-18-21(2,3)8-5-9-22(18,4)16(13)10-14-11-17(24)19(25)15(12-23)20(14)29-30(26,27)28/h6,11-12,16,18,24-25H,5,7-10H2,1-4H3,(H,26,27,28)/t16-,18+,22-/m1/s1. The molecular formula is C22H30O7S. The second-order valence-corrected chi connectivity index (χ2v) is 10.6. The van der Waals surface area contributed by atoms with Crippen LogP contribution in [0.4, 0.5) is 0 Å². The molecule has 0 bridgehead atoms. The fourth-order valence-electron chi connectivity index (χ4n) is 5.93. The van der Waals surface area contributed by atoms with Crippen molar-refractivity contribution in [2.45, 2.75) is 59.8 Å². The minimum absolute atomic E-state index is 0.0167. The number of fused-ring (bicyclic) bond motifs is 1. The van der Waals surface area contributed by atoms with Gasteiger partial charge in [-0.15, -0.1) is 0 Å². The molecule has 166 valence electrons. The van der Waals surface area contributed by atoms with Crippen molar-refractivity contribution in [1.29, 1.82) is 0 Å². The summed E-state index contributed by atoms with van der Waals surface area (Å²) in [7, 11) is -4.94. The van der Waals surface area contributed by atoms with Crippen molar-refractivity contribution < 1.29 is 32.2 Å². The van der Waals surface area contributed by atoms with Gasteiger partial charge >= 0.3 is 10.4 Å². The van der Waals surface area contributed by atoms with E-state index in [9.17, 15) is 28.0 Å². The summed E-state index contributed by atoms with van der Waals surface area (Å²) in [5.74, 6) is -1.34. The third-order valence-corrected chi connectivity index (χ3v) is 7.75. The highest BCUT2D eigenvalue weighted by atomic mass is 32.3. The van der Waals surface area contributed by atoms with Crippen molar-refractivity contribution in [3.05, 3.63) is 28.8 Å². The fourth-order valence-corrected chi connectivity index (χ4v) is 6.34. The Bertz CT molecular complexity index is 993. The van der Waals surface area contributed by atoms with Gasteiger partial charge in [-0.1, -0.05) is 38.8 Å². The van der Waals surface area contributed by atoms with Crippen molar-refractivity contribution in [2.75, 3.05) is 0 Å². The van der Waals surface area contributed by atoms with E-state index in [2.05, 4.69) is 31.0 Å². The van der Waals surface area contributed by atoms with Gasteiger partial charge in [0.15, 0.2) is 23.5 Å². The van der Waals surface area contributed by atoms with Crippen molar-refractivity contribution in [1.82, 2.24) is 0 Å². The number of rotatable bonds is 5. The van der Waals surface area contributed by atoms with E-state index in [0.29, 0.717) is 12.3 Å². The molecule has 0 spiro atoms. The molecule has 3 atom stereocenters. The molecule has 3 N–H and O–H groups in total. The molecule has 1 aromatic rings. The molecule has 0 unspecified atom stereocenters. The topological polar surface area (TPSA) is 121 Å². The number of phenols is 2. The number of allylic oxidation sites excluding steroid dienone is 2. The van der Waals surface area contributed by atoms with Gasteiger partial charge in [-0.2, -0.15) is 8.42 Å². The summed E-state index contributed by atoms with van der Waals surface area (Å²) in [5.41, 5.74) is 0.981. The van der Waals surface area contributed by atoms with Crippen molar-refractivity contribution in [3.8, 4) is 17.2 Å². The zero-order valence-electron chi connectivity index (χ0n) is 17.8. The number of aromatic hydroxyl groups is 2. The first-order chi connectivity index (χ1) is 13.8. The van der Waals surface area contributed by atoms with Crippen molar-refractivity contribution >= 4 is 16.7 Å². The van der Waals surface area contributed by atoms with E-state index in [4.69, 9.17) is 0 Å². The van der Waals surface area contributed by atoms with Crippen LogP contribution in [0.1, 0.15) is 69.3 Å². The molecule has 1 saturated carbocycles. The number of benzene rings is 1. The van der Waals surface area contributed by atoms with E-state index >= 15 is 0 Å². The zero-order chi connectivity index (χ0) is 22.5. The van der Waals surface area contributed by atoms with Crippen LogP contribution in [-0.4, -0.2) is 29.5 Å². The molecule has 3 rings (SSSR count). The van der Waals surface area contributed by atoms with Crippen LogP contribution in [-0.2, 0) is 16.8 Å². The zero-order valence-corrected chi connectivity index (χ0v) is 18.6. The Morgan fingerprint density at radius 2 is 1.90 bits per heavy atom. The van der Waals surface area contributed by atoms with Crippen LogP contribution in [0.25, 0.3) is 0 Å². The summed E-state index contributed by atoms with van der Waals surface area (Å²) in [6.45, 7) is 8.86. The summed E-state index contributed by atoms with van der Waals surface area (Å²) in [5, 5.41) is 20.1. The number of aldehydes is 1. The Kier molecular flexibility index (Phi) is 5.71. The van der Waals surface area contributed by atoms with Crippen LogP contribution in [0.5, 0.6) is 17.2 Å². The Morgan fingerprint density at radius 3 is 2.50 bits per heavy atom. The Balaban J connectivity index is 2.13. The first-order valence-electron chi connectivity index (χ1n) is 10.2.